The number of anilines is 3. The van der Waals surface area contributed by atoms with Crippen molar-refractivity contribution in [1.29, 1.82) is 0 Å². The molecule has 2 aromatic rings. The number of amides is 4. The van der Waals surface area contributed by atoms with Crippen LogP contribution in [0.2, 0.25) is 0 Å². The molecule has 0 radical (unpaired) electrons. The molecule has 7 N–H and O–H groups in total. The highest BCUT2D eigenvalue weighted by Crippen LogP contribution is 2.37. The van der Waals surface area contributed by atoms with Gasteiger partial charge in [0.25, 0.3) is 0 Å². The van der Waals surface area contributed by atoms with E-state index >= 15 is 0 Å². The van der Waals surface area contributed by atoms with Crippen LogP contribution in [-0.4, -0.2) is 94.5 Å². The molecule has 0 unspecified atom stereocenters. The molecule has 0 bridgehead atoms. The number of likely N-dealkylation sites (tertiary alicyclic amines) is 1. The van der Waals surface area contributed by atoms with Crippen LogP contribution in [0.3, 0.4) is 0 Å². The van der Waals surface area contributed by atoms with E-state index in [1.165, 1.54) is 11.8 Å². The highest BCUT2D eigenvalue weighted by Gasteiger charge is 2.27. The van der Waals surface area contributed by atoms with Crippen LogP contribution in [0.4, 0.5) is 17.3 Å². The van der Waals surface area contributed by atoms with Gasteiger partial charge in [-0.05, 0) is 69.6 Å². The molecule has 4 rings (SSSR count). The van der Waals surface area contributed by atoms with Crippen molar-refractivity contribution in [3.8, 4) is 0 Å². The second kappa shape index (κ2) is 19.4. The molecule has 2 aliphatic rings. The number of carbonyl (C=O) groups is 4. The van der Waals surface area contributed by atoms with Gasteiger partial charge in [-0.15, -0.1) is 0 Å². The Morgan fingerprint density at radius 1 is 1.04 bits per heavy atom. The summed E-state index contributed by atoms with van der Waals surface area (Å²) in [6.45, 7) is 6.98. The van der Waals surface area contributed by atoms with E-state index in [9.17, 15) is 24.3 Å². The molecule has 0 spiro atoms. The van der Waals surface area contributed by atoms with Crippen molar-refractivity contribution in [3.63, 3.8) is 0 Å². The third-order valence-electron chi connectivity index (χ3n) is 8.93. The van der Waals surface area contributed by atoms with Crippen LogP contribution in [-0.2, 0) is 25.6 Å². The monoisotopic (exact) mass is 823 g/mol. The molecular weight excluding hydrogens is 773 g/mol. The average molecular weight is 824 g/mol. The highest BCUT2D eigenvalue weighted by molar-refractivity contribution is 14.1. The van der Waals surface area contributed by atoms with E-state index in [-0.39, 0.29) is 55.0 Å². The first-order chi connectivity index (χ1) is 24.0. The molecule has 0 aliphatic carbocycles. The normalized spacial score (nSPS) is 16.9. The van der Waals surface area contributed by atoms with E-state index in [0.717, 1.165) is 52.9 Å². The van der Waals surface area contributed by atoms with Crippen molar-refractivity contribution in [2.75, 3.05) is 53.0 Å². The van der Waals surface area contributed by atoms with E-state index in [2.05, 4.69) is 54.2 Å². The summed E-state index contributed by atoms with van der Waals surface area (Å²) < 4.78 is 3.16. The Morgan fingerprint density at radius 3 is 2.46 bits per heavy atom. The van der Waals surface area contributed by atoms with Gasteiger partial charge in [-0.1, -0.05) is 24.8 Å². The van der Waals surface area contributed by atoms with E-state index in [1.54, 1.807) is 11.1 Å². The van der Waals surface area contributed by atoms with Gasteiger partial charge in [-0.3, -0.25) is 19.2 Å². The fourth-order valence-electron chi connectivity index (χ4n) is 5.84. The second-order valence-corrected chi connectivity index (χ2v) is 14.7. The Hall–Kier alpha value is -3.22. The van der Waals surface area contributed by atoms with Gasteiger partial charge in [0, 0.05) is 68.1 Å². The maximum atomic E-state index is 12.8. The molecule has 1 atom stereocenters. The molecule has 50 heavy (non-hydrogen) atoms. The lowest BCUT2D eigenvalue weighted by molar-refractivity contribution is -0.132. The Kier molecular flexibility index (Phi) is 15.4. The van der Waals surface area contributed by atoms with Crippen LogP contribution in [0.15, 0.2) is 34.3 Å². The lowest BCUT2D eigenvalue weighted by Gasteiger charge is -2.37. The van der Waals surface area contributed by atoms with E-state index in [0.29, 0.717) is 57.6 Å². The van der Waals surface area contributed by atoms with Gasteiger partial charge in [0.15, 0.2) is 5.82 Å². The molecule has 1 aromatic carbocycles. The zero-order valence-electron chi connectivity index (χ0n) is 28.9. The number of β-amino-alcohol motifs (C(OH)–C–C–N with tert-alkyl or cyclic N) is 1. The first-order valence-electron chi connectivity index (χ1n) is 17.3. The number of benzene rings is 1. The maximum Gasteiger partial charge on any atom is 0.242 e. The zero-order chi connectivity index (χ0) is 36.1. The number of unbranched alkanes of at least 4 members (excludes halogenated alkanes) is 1. The number of aliphatic hydroxyl groups excluding tert-OH is 1. The van der Waals surface area contributed by atoms with E-state index < -0.39 is 6.10 Å². The maximum absolute atomic E-state index is 12.8. The Balaban J connectivity index is 1.15. The summed E-state index contributed by atoms with van der Waals surface area (Å²) >= 11 is 3.58. The number of nitrogens with zero attached hydrogens (tertiary/aromatic N) is 4. The predicted octanol–water partition coefficient (Wildman–Crippen LogP) is 3.37. The predicted molar refractivity (Wildman–Crippen MR) is 203 cm³/mol. The Morgan fingerprint density at radius 2 is 1.76 bits per heavy atom. The molecule has 2 aliphatic heterocycles. The third kappa shape index (κ3) is 12.2. The molecule has 274 valence electrons. The van der Waals surface area contributed by atoms with Crippen molar-refractivity contribution >= 4 is 75.6 Å². The van der Waals surface area contributed by atoms with Gasteiger partial charge in [-0.2, -0.15) is 0 Å². The third-order valence-corrected chi connectivity index (χ3v) is 10.5. The van der Waals surface area contributed by atoms with Crippen molar-refractivity contribution in [2.24, 2.45) is 5.73 Å². The number of aromatic nitrogens is 2. The van der Waals surface area contributed by atoms with Gasteiger partial charge in [0.2, 0.25) is 23.6 Å². The van der Waals surface area contributed by atoms with Crippen LogP contribution < -0.4 is 30.1 Å². The summed E-state index contributed by atoms with van der Waals surface area (Å²) in [7, 11) is 0. The summed E-state index contributed by atoms with van der Waals surface area (Å²) in [5.41, 5.74) is 7.89. The van der Waals surface area contributed by atoms with Gasteiger partial charge in [0.1, 0.15) is 10.8 Å². The Labute approximate surface area is 312 Å². The fourth-order valence-corrected chi connectivity index (χ4v) is 7.43. The van der Waals surface area contributed by atoms with Gasteiger partial charge in [-0.25, -0.2) is 9.97 Å². The minimum atomic E-state index is -0.489. The SMILES string of the molecule is CCc1c(NC(=O)CCCC(=O)NCCCCC(=O)NCC(=O)N2CC[C@@H](O)C2)cccc1Sc1ncc(N2CCC(C)(N)CC2)nc1NI. The highest BCUT2D eigenvalue weighted by atomic mass is 127. The standard InChI is InChI=1S/C34H50IN9O5S/c1-3-24-25(8-6-9-26(24)50-33-32(42-35)41-27(20-39-33)43-18-14-34(2,36)15-19-43)40-30(48)12-7-11-28(46)37-16-5-4-10-29(47)38-21-31(49)44-17-13-23(45)22-44/h6,8-9,20,23,45H,3-5,7,10-19,21-22,36H2,1-2H3,(H,37,46)(H,38,47)(H,40,48)(H,41,42)/t23-/m1/s1. The van der Waals surface area contributed by atoms with E-state index in [1.807, 2.05) is 25.1 Å². The largest absolute Gasteiger partial charge is 0.391 e. The van der Waals surface area contributed by atoms with Crippen molar-refractivity contribution in [1.82, 2.24) is 25.5 Å². The van der Waals surface area contributed by atoms with Gasteiger partial charge >= 0.3 is 0 Å². The number of hydrogen-bond donors (Lipinski definition) is 6. The molecular formula is C34H50IN9O5S. The summed E-state index contributed by atoms with van der Waals surface area (Å²) in [6, 6.07) is 5.81. The zero-order valence-corrected chi connectivity index (χ0v) is 31.9. The molecule has 14 nitrogen and oxygen atoms in total. The molecule has 0 saturated carbocycles. The van der Waals surface area contributed by atoms with Crippen molar-refractivity contribution in [3.05, 3.63) is 30.0 Å². The summed E-state index contributed by atoms with van der Waals surface area (Å²) in [5, 5.41) is 18.8. The minimum Gasteiger partial charge on any atom is -0.391 e. The first kappa shape index (κ1) is 39.6. The smallest absolute Gasteiger partial charge is 0.242 e. The van der Waals surface area contributed by atoms with Crippen LogP contribution in [0.5, 0.6) is 0 Å². The topological polar surface area (TPSA) is 195 Å². The quantitative estimate of drug-likeness (QED) is 0.0779. The molecule has 16 heteroatoms. The summed E-state index contributed by atoms with van der Waals surface area (Å²) in [5.74, 6) is 0.787. The Bertz CT molecular complexity index is 1490. The number of carbonyl (C=O) groups excluding carboxylic acids is 4. The van der Waals surface area contributed by atoms with Crippen LogP contribution in [0, 0.1) is 0 Å². The van der Waals surface area contributed by atoms with Gasteiger partial charge in [0.05, 0.1) is 41.7 Å². The van der Waals surface area contributed by atoms with E-state index in [4.69, 9.17) is 15.7 Å². The van der Waals surface area contributed by atoms with Crippen LogP contribution in [0.1, 0.15) is 77.2 Å². The van der Waals surface area contributed by atoms with Crippen LogP contribution >= 0.6 is 34.6 Å². The average Bonchev–Trinajstić information content (AvgIpc) is 3.53. The van der Waals surface area contributed by atoms with Crippen molar-refractivity contribution < 1.29 is 24.3 Å². The molecule has 4 amide bonds. The number of hydrogen-bond acceptors (Lipinski definition) is 11. The molecule has 3 heterocycles. The summed E-state index contributed by atoms with van der Waals surface area (Å²) in [6.07, 6.45) is 6.67. The van der Waals surface area contributed by atoms with Gasteiger partial charge < -0.3 is 40.1 Å². The number of halogens is 1. The lowest BCUT2D eigenvalue weighted by Crippen LogP contribution is -2.48. The minimum absolute atomic E-state index is 0.0733. The lowest BCUT2D eigenvalue weighted by atomic mass is 9.91. The fraction of sp³-hybridized carbons (Fsp3) is 0.588. The number of piperidine rings is 1. The molecule has 2 saturated heterocycles. The summed E-state index contributed by atoms with van der Waals surface area (Å²) in [4.78, 5) is 63.6. The molecule has 1 aromatic heterocycles. The number of rotatable bonds is 17. The number of nitrogens with two attached hydrogens (primary N) is 1. The van der Waals surface area contributed by atoms with Crippen molar-refractivity contribution in [2.45, 2.75) is 99.6 Å². The number of nitrogens with one attached hydrogen (secondary N) is 4. The number of aliphatic hydroxyl groups is 1. The van der Waals surface area contributed by atoms with Crippen LogP contribution in [0.25, 0.3) is 0 Å². The second-order valence-electron chi connectivity index (χ2n) is 13.1. The molecule has 2 fully saturated rings. The first-order valence-corrected chi connectivity index (χ1v) is 19.2.